The largest absolute Gasteiger partial charge is 0.489 e. The molecule has 0 spiro atoms. The summed E-state index contributed by atoms with van der Waals surface area (Å²) in [7, 11) is 1.27. The first kappa shape index (κ1) is 17.6. The van der Waals surface area contributed by atoms with Crippen molar-refractivity contribution in [2.24, 2.45) is 0 Å². The van der Waals surface area contributed by atoms with Crippen molar-refractivity contribution in [2.45, 2.75) is 19.1 Å². The number of rotatable bonds is 7. The third-order valence-corrected chi connectivity index (χ3v) is 3.56. The second-order valence-corrected chi connectivity index (χ2v) is 5.35. The Morgan fingerprint density at radius 2 is 2.00 bits per heavy atom. The lowest BCUT2D eigenvalue weighted by molar-refractivity contribution is 0.157. The highest BCUT2D eigenvalue weighted by atomic mass is 16.5. The smallest absolute Gasteiger partial charge is 0.407 e. The Hall–Kier alpha value is -2.73. The molecule has 4 N–H and O–H groups in total. The van der Waals surface area contributed by atoms with E-state index in [0.717, 1.165) is 11.1 Å². The minimum Gasteiger partial charge on any atom is -0.489 e. The molecule has 6 heteroatoms. The fourth-order valence-electron chi connectivity index (χ4n) is 2.24. The predicted molar refractivity (Wildman–Crippen MR) is 91.7 cm³/mol. The second kappa shape index (κ2) is 8.79. The highest BCUT2D eigenvalue weighted by molar-refractivity contribution is 5.67. The highest BCUT2D eigenvalue weighted by Crippen LogP contribution is 2.22. The lowest BCUT2D eigenvalue weighted by Crippen LogP contribution is -2.39. The number of hydrogen-bond acceptors (Lipinski definition) is 5. The van der Waals surface area contributed by atoms with Crippen LogP contribution in [0.25, 0.3) is 0 Å². The van der Waals surface area contributed by atoms with Gasteiger partial charge in [-0.25, -0.2) is 4.79 Å². The number of methoxy groups -OCH3 is 1. The van der Waals surface area contributed by atoms with Crippen molar-refractivity contribution in [1.29, 1.82) is 0 Å². The summed E-state index contributed by atoms with van der Waals surface area (Å²) >= 11 is 0. The van der Waals surface area contributed by atoms with Gasteiger partial charge in [-0.1, -0.05) is 36.4 Å². The maximum atomic E-state index is 11.2. The summed E-state index contributed by atoms with van der Waals surface area (Å²) in [6.07, 6.45) is -0.188. The number of ether oxygens (including phenoxy) is 2. The molecule has 0 aliphatic heterocycles. The number of amides is 1. The van der Waals surface area contributed by atoms with Gasteiger partial charge in [-0.2, -0.15) is 0 Å². The molecule has 128 valence electrons. The number of hydrogen-bond donors (Lipinski definition) is 3. The van der Waals surface area contributed by atoms with E-state index in [1.165, 1.54) is 7.11 Å². The zero-order chi connectivity index (χ0) is 17.4. The van der Waals surface area contributed by atoms with Crippen LogP contribution in [-0.4, -0.2) is 31.0 Å². The van der Waals surface area contributed by atoms with Crippen LogP contribution >= 0.6 is 0 Å². The second-order valence-electron chi connectivity index (χ2n) is 5.35. The molecule has 0 bridgehead atoms. The van der Waals surface area contributed by atoms with Crippen molar-refractivity contribution < 1.29 is 19.4 Å². The number of benzene rings is 2. The minimum absolute atomic E-state index is 0.208. The normalized spacial score (nSPS) is 11.6. The summed E-state index contributed by atoms with van der Waals surface area (Å²) in [6.45, 7) is 0.254. The lowest BCUT2D eigenvalue weighted by atomic mass is 10.0. The molecule has 0 saturated carbocycles. The summed E-state index contributed by atoms with van der Waals surface area (Å²) in [5.74, 6) is 0.668. The number of nitrogens with two attached hydrogens (primary N) is 1. The SMILES string of the molecule is COC(=O)N[C@H](CO)Cc1ccc(OCc2ccccc2)cc1N. The third kappa shape index (κ3) is 5.17. The Morgan fingerprint density at radius 3 is 2.62 bits per heavy atom. The molecule has 6 nitrogen and oxygen atoms in total. The Kier molecular flexibility index (Phi) is 6.45. The molecule has 0 aromatic heterocycles. The van der Waals surface area contributed by atoms with Crippen molar-refractivity contribution >= 4 is 11.8 Å². The van der Waals surface area contributed by atoms with Gasteiger partial charge in [-0.05, 0) is 23.6 Å². The first-order valence-electron chi connectivity index (χ1n) is 7.63. The van der Waals surface area contributed by atoms with Gasteiger partial charge in [-0.3, -0.25) is 0 Å². The monoisotopic (exact) mass is 330 g/mol. The molecule has 0 aliphatic rings. The topological polar surface area (TPSA) is 93.8 Å². The van der Waals surface area contributed by atoms with Crippen molar-refractivity contribution in [1.82, 2.24) is 5.32 Å². The molecule has 1 atom stereocenters. The van der Waals surface area contributed by atoms with E-state index in [-0.39, 0.29) is 6.61 Å². The Labute approximate surface area is 141 Å². The van der Waals surface area contributed by atoms with E-state index in [0.29, 0.717) is 24.5 Å². The van der Waals surface area contributed by atoms with Crippen molar-refractivity contribution in [3.63, 3.8) is 0 Å². The van der Waals surface area contributed by atoms with E-state index < -0.39 is 12.1 Å². The van der Waals surface area contributed by atoms with E-state index >= 15 is 0 Å². The van der Waals surface area contributed by atoms with Gasteiger partial charge in [0.15, 0.2) is 0 Å². The molecule has 0 radical (unpaired) electrons. The summed E-state index contributed by atoms with van der Waals surface area (Å²) in [4.78, 5) is 11.2. The van der Waals surface area contributed by atoms with Gasteiger partial charge >= 0.3 is 6.09 Å². The molecule has 2 rings (SSSR count). The number of aliphatic hydroxyl groups is 1. The zero-order valence-corrected chi connectivity index (χ0v) is 13.6. The number of carbonyl (C=O) groups is 1. The quantitative estimate of drug-likeness (QED) is 0.676. The van der Waals surface area contributed by atoms with E-state index in [2.05, 4.69) is 10.1 Å². The van der Waals surface area contributed by atoms with Crippen molar-refractivity contribution in [3.8, 4) is 5.75 Å². The van der Waals surface area contributed by atoms with Gasteiger partial charge < -0.3 is 25.6 Å². The predicted octanol–water partition coefficient (Wildman–Crippen LogP) is 2.11. The maximum absolute atomic E-state index is 11.2. The van der Waals surface area contributed by atoms with Crippen LogP contribution in [0.2, 0.25) is 0 Å². The number of anilines is 1. The fourth-order valence-corrected chi connectivity index (χ4v) is 2.24. The molecule has 0 heterocycles. The highest BCUT2D eigenvalue weighted by Gasteiger charge is 2.14. The van der Waals surface area contributed by atoms with Crippen LogP contribution in [0.4, 0.5) is 10.5 Å². The molecule has 0 aliphatic carbocycles. The van der Waals surface area contributed by atoms with Gasteiger partial charge in [0.05, 0.1) is 19.8 Å². The molecular formula is C18H22N2O4. The Bertz CT molecular complexity index is 661. The average molecular weight is 330 g/mol. The molecular weight excluding hydrogens is 308 g/mol. The van der Waals surface area contributed by atoms with Gasteiger partial charge in [0, 0.05) is 11.8 Å². The van der Waals surface area contributed by atoms with Gasteiger partial charge in [-0.15, -0.1) is 0 Å². The van der Waals surface area contributed by atoms with Crippen molar-refractivity contribution in [2.75, 3.05) is 19.5 Å². The molecule has 2 aromatic rings. The third-order valence-electron chi connectivity index (χ3n) is 3.56. The van der Waals surface area contributed by atoms with E-state index in [1.54, 1.807) is 6.07 Å². The molecule has 0 saturated heterocycles. The van der Waals surface area contributed by atoms with E-state index in [4.69, 9.17) is 10.5 Å². The summed E-state index contributed by atoms with van der Waals surface area (Å²) < 4.78 is 10.3. The average Bonchev–Trinajstić information content (AvgIpc) is 2.61. The van der Waals surface area contributed by atoms with E-state index in [9.17, 15) is 9.90 Å². The molecule has 1 amide bonds. The number of alkyl carbamates (subject to hydrolysis) is 1. The molecule has 0 fully saturated rings. The van der Waals surface area contributed by atoms with Crippen molar-refractivity contribution in [3.05, 3.63) is 59.7 Å². The Morgan fingerprint density at radius 1 is 1.25 bits per heavy atom. The van der Waals surface area contributed by atoms with Crippen LogP contribution in [0.5, 0.6) is 5.75 Å². The lowest BCUT2D eigenvalue weighted by Gasteiger charge is -2.17. The summed E-state index contributed by atoms with van der Waals surface area (Å²) in [5, 5.41) is 11.9. The minimum atomic E-state index is -0.588. The molecule has 24 heavy (non-hydrogen) atoms. The van der Waals surface area contributed by atoms with Crippen LogP contribution in [-0.2, 0) is 17.8 Å². The van der Waals surface area contributed by atoms with Crippen LogP contribution in [0.15, 0.2) is 48.5 Å². The first-order valence-corrected chi connectivity index (χ1v) is 7.63. The van der Waals surface area contributed by atoms with Crippen LogP contribution < -0.4 is 15.8 Å². The van der Waals surface area contributed by atoms with Crippen LogP contribution in [0.1, 0.15) is 11.1 Å². The maximum Gasteiger partial charge on any atom is 0.407 e. The standard InChI is InChI=1S/C18H22N2O4/c1-23-18(22)20-15(11-21)9-14-7-8-16(10-17(14)19)24-12-13-5-3-2-4-6-13/h2-8,10,15,21H,9,11-12,19H2,1H3,(H,20,22)/t15-/m0/s1. The fraction of sp³-hybridized carbons (Fsp3) is 0.278. The van der Waals surface area contributed by atoms with Crippen LogP contribution in [0.3, 0.4) is 0 Å². The first-order chi connectivity index (χ1) is 11.6. The zero-order valence-electron chi connectivity index (χ0n) is 13.6. The van der Waals surface area contributed by atoms with Crippen LogP contribution in [0, 0.1) is 0 Å². The number of nitrogens with one attached hydrogen (secondary N) is 1. The number of carbonyl (C=O) groups excluding carboxylic acids is 1. The van der Waals surface area contributed by atoms with Gasteiger partial charge in [0.2, 0.25) is 0 Å². The summed E-state index contributed by atoms with van der Waals surface area (Å²) in [6, 6.07) is 14.8. The molecule has 0 unspecified atom stereocenters. The summed E-state index contributed by atoms with van der Waals surface area (Å²) in [5.41, 5.74) is 8.49. The van der Waals surface area contributed by atoms with Gasteiger partial charge in [0.1, 0.15) is 12.4 Å². The number of nitrogen functional groups attached to an aromatic ring is 1. The number of aliphatic hydroxyl groups excluding tert-OH is 1. The van der Waals surface area contributed by atoms with Gasteiger partial charge in [0.25, 0.3) is 0 Å². The Balaban J connectivity index is 1.97. The molecule has 2 aromatic carbocycles. The van der Waals surface area contributed by atoms with E-state index in [1.807, 2.05) is 42.5 Å².